The molecular weight excluding hydrogens is 448 g/mol. The molecule has 1 N–H and O–H groups in total. The van der Waals surface area contributed by atoms with E-state index in [1.807, 2.05) is 32.0 Å². The summed E-state index contributed by atoms with van der Waals surface area (Å²) in [5, 5.41) is 3.28. The SMILES string of the molecule is CCNC(=NCc1ccc(N(C)C)c(F)c1)N1CCN(C(C)=O)CC1.I. The van der Waals surface area contributed by atoms with Gasteiger partial charge in [0.2, 0.25) is 5.91 Å². The van der Waals surface area contributed by atoms with Gasteiger partial charge in [0.1, 0.15) is 5.82 Å². The predicted molar refractivity (Wildman–Crippen MR) is 115 cm³/mol. The number of aliphatic imine (C=N–C) groups is 1. The first-order chi connectivity index (χ1) is 11.9. The minimum absolute atomic E-state index is 0. The first-order valence-corrected chi connectivity index (χ1v) is 8.67. The molecule has 1 aliphatic rings. The van der Waals surface area contributed by atoms with Gasteiger partial charge >= 0.3 is 0 Å². The van der Waals surface area contributed by atoms with Crippen molar-refractivity contribution < 1.29 is 9.18 Å². The molecule has 0 aliphatic carbocycles. The zero-order valence-corrected chi connectivity index (χ0v) is 18.3. The normalized spacial score (nSPS) is 14.7. The Morgan fingerprint density at radius 2 is 1.85 bits per heavy atom. The Kier molecular flexibility index (Phi) is 9.11. The summed E-state index contributed by atoms with van der Waals surface area (Å²) in [6.45, 7) is 7.70. The van der Waals surface area contributed by atoms with E-state index in [-0.39, 0.29) is 35.7 Å². The van der Waals surface area contributed by atoms with Crippen molar-refractivity contribution in [3.05, 3.63) is 29.6 Å². The van der Waals surface area contributed by atoms with Crippen molar-refractivity contribution in [2.24, 2.45) is 4.99 Å². The van der Waals surface area contributed by atoms with Crippen molar-refractivity contribution in [3.63, 3.8) is 0 Å². The van der Waals surface area contributed by atoms with E-state index in [0.29, 0.717) is 25.3 Å². The average molecular weight is 477 g/mol. The van der Waals surface area contributed by atoms with Crippen molar-refractivity contribution >= 4 is 41.5 Å². The highest BCUT2D eigenvalue weighted by Crippen LogP contribution is 2.18. The Balaban J connectivity index is 0.00000338. The molecule has 8 heteroatoms. The molecule has 0 saturated carbocycles. The smallest absolute Gasteiger partial charge is 0.219 e. The minimum Gasteiger partial charge on any atom is -0.375 e. The van der Waals surface area contributed by atoms with Gasteiger partial charge in [0.05, 0.1) is 12.2 Å². The molecule has 0 radical (unpaired) electrons. The van der Waals surface area contributed by atoms with Gasteiger partial charge in [0.15, 0.2) is 5.96 Å². The van der Waals surface area contributed by atoms with Crippen LogP contribution in [0.25, 0.3) is 0 Å². The fourth-order valence-corrected chi connectivity index (χ4v) is 2.84. The van der Waals surface area contributed by atoms with E-state index in [1.165, 1.54) is 6.07 Å². The molecule has 1 aliphatic heterocycles. The molecule has 0 aromatic heterocycles. The Bertz CT molecular complexity index is 630. The number of hydrogen-bond acceptors (Lipinski definition) is 3. The lowest BCUT2D eigenvalue weighted by molar-refractivity contribution is -0.130. The molecule has 1 aromatic rings. The van der Waals surface area contributed by atoms with Crippen molar-refractivity contribution in [1.82, 2.24) is 15.1 Å². The fraction of sp³-hybridized carbons (Fsp3) is 0.556. The maximum atomic E-state index is 14.1. The number of amides is 1. The number of rotatable bonds is 4. The van der Waals surface area contributed by atoms with E-state index in [2.05, 4.69) is 15.2 Å². The summed E-state index contributed by atoms with van der Waals surface area (Å²) in [6.07, 6.45) is 0. The van der Waals surface area contributed by atoms with Gasteiger partial charge in [-0.05, 0) is 24.6 Å². The second-order valence-electron chi connectivity index (χ2n) is 6.34. The maximum absolute atomic E-state index is 14.1. The molecule has 26 heavy (non-hydrogen) atoms. The van der Waals surface area contributed by atoms with E-state index >= 15 is 0 Å². The van der Waals surface area contributed by atoms with Gasteiger partial charge in [0, 0.05) is 53.7 Å². The summed E-state index contributed by atoms with van der Waals surface area (Å²) in [5.41, 5.74) is 1.40. The zero-order valence-electron chi connectivity index (χ0n) is 16.0. The molecular formula is C18H29FIN5O. The van der Waals surface area contributed by atoms with Crippen LogP contribution in [0.3, 0.4) is 0 Å². The van der Waals surface area contributed by atoms with Crippen LogP contribution in [0, 0.1) is 5.82 Å². The fourth-order valence-electron chi connectivity index (χ4n) is 2.84. The number of carbonyl (C=O) groups excluding carboxylic acids is 1. The highest BCUT2D eigenvalue weighted by molar-refractivity contribution is 14.0. The number of piperazine rings is 1. The highest BCUT2D eigenvalue weighted by Gasteiger charge is 2.20. The summed E-state index contributed by atoms with van der Waals surface area (Å²) in [7, 11) is 3.64. The van der Waals surface area contributed by atoms with Crippen LogP contribution < -0.4 is 10.2 Å². The maximum Gasteiger partial charge on any atom is 0.219 e. The Morgan fingerprint density at radius 3 is 2.35 bits per heavy atom. The molecule has 0 spiro atoms. The lowest BCUT2D eigenvalue weighted by atomic mass is 10.2. The van der Waals surface area contributed by atoms with Crippen molar-refractivity contribution in [2.45, 2.75) is 20.4 Å². The van der Waals surface area contributed by atoms with Crippen LogP contribution in [-0.4, -0.2) is 68.5 Å². The molecule has 0 bridgehead atoms. The van der Waals surface area contributed by atoms with Crippen LogP contribution in [0.15, 0.2) is 23.2 Å². The molecule has 1 saturated heterocycles. The Morgan fingerprint density at radius 1 is 1.23 bits per heavy atom. The van der Waals surface area contributed by atoms with Crippen molar-refractivity contribution in [1.29, 1.82) is 0 Å². The molecule has 1 amide bonds. The summed E-state index contributed by atoms with van der Waals surface area (Å²) in [6, 6.07) is 5.22. The quantitative estimate of drug-likeness (QED) is 0.410. The number of carbonyl (C=O) groups is 1. The number of anilines is 1. The first-order valence-electron chi connectivity index (χ1n) is 8.67. The van der Waals surface area contributed by atoms with Gasteiger partial charge < -0.3 is 20.0 Å². The zero-order chi connectivity index (χ0) is 18.4. The first kappa shape index (κ1) is 22.5. The molecule has 1 fully saturated rings. The van der Waals surface area contributed by atoms with Gasteiger partial charge in [-0.3, -0.25) is 4.79 Å². The van der Waals surface area contributed by atoms with E-state index in [4.69, 9.17) is 0 Å². The summed E-state index contributed by atoms with van der Waals surface area (Å²) in [4.78, 5) is 21.8. The van der Waals surface area contributed by atoms with Gasteiger partial charge in [-0.2, -0.15) is 0 Å². The molecule has 1 aromatic carbocycles. The van der Waals surface area contributed by atoms with E-state index in [9.17, 15) is 9.18 Å². The molecule has 6 nitrogen and oxygen atoms in total. The van der Waals surface area contributed by atoms with Gasteiger partial charge in [-0.1, -0.05) is 6.07 Å². The average Bonchev–Trinajstić information content (AvgIpc) is 2.58. The molecule has 0 atom stereocenters. The highest BCUT2D eigenvalue weighted by atomic mass is 127. The van der Waals surface area contributed by atoms with Gasteiger partial charge in [-0.15, -0.1) is 24.0 Å². The summed E-state index contributed by atoms with van der Waals surface area (Å²) < 4.78 is 14.1. The third-order valence-corrected chi connectivity index (χ3v) is 4.26. The summed E-state index contributed by atoms with van der Waals surface area (Å²) in [5.74, 6) is 0.679. The molecule has 1 heterocycles. The van der Waals surface area contributed by atoms with Crippen LogP contribution in [0.1, 0.15) is 19.4 Å². The number of guanidine groups is 1. The predicted octanol–water partition coefficient (Wildman–Crippen LogP) is 2.14. The molecule has 146 valence electrons. The van der Waals surface area contributed by atoms with E-state index in [0.717, 1.165) is 31.2 Å². The molecule has 0 unspecified atom stereocenters. The van der Waals surface area contributed by atoms with Crippen molar-refractivity contribution in [2.75, 3.05) is 51.7 Å². The van der Waals surface area contributed by atoms with Crippen LogP contribution in [0.5, 0.6) is 0 Å². The Hall–Kier alpha value is -1.58. The lowest BCUT2D eigenvalue weighted by Crippen LogP contribution is -2.53. The largest absolute Gasteiger partial charge is 0.375 e. The third-order valence-electron chi connectivity index (χ3n) is 4.26. The number of hydrogen-bond donors (Lipinski definition) is 1. The summed E-state index contributed by atoms with van der Waals surface area (Å²) >= 11 is 0. The van der Waals surface area contributed by atoms with Crippen LogP contribution in [-0.2, 0) is 11.3 Å². The number of nitrogens with one attached hydrogen (secondary N) is 1. The Labute approximate surface area is 172 Å². The van der Waals surface area contributed by atoms with Crippen LogP contribution >= 0.6 is 24.0 Å². The third kappa shape index (κ3) is 6.00. The minimum atomic E-state index is -0.238. The van der Waals surface area contributed by atoms with Gasteiger partial charge in [-0.25, -0.2) is 9.38 Å². The van der Waals surface area contributed by atoms with Crippen molar-refractivity contribution in [3.8, 4) is 0 Å². The monoisotopic (exact) mass is 477 g/mol. The second kappa shape index (κ2) is 10.5. The standard InChI is InChI=1S/C18H28FN5O.HI/c1-5-20-18(24-10-8-23(9-11-24)14(2)25)21-13-15-6-7-17(22(3)4)16(19)12-15;/h6-7,12H,5,8-11,13H2,1-4H3,(H,20,21);1H. The molecule has 2 rings (SSSR count). The van der Waals surface area contributed by atoms with Gasteiger partial charge in [0.25, 0.3) is 0 Å². The number of nitrogens with zero attached hydrogens (tertiary/aromatic N) is 4. The number of halogens is 2. The van der Waals surface area contributed by atoms with Crippen LogP contribution in [0.2, 0.25) is 0 Å². The van der Waals surface area contributed by atoms with E-state index in [1.54, 1.807) is 17.9 Å². The van der Waals surface area contributed by atoms with Crippen LogP contribution in [0.4, 0.5) is 10.1 Å². The lowest BCUT2D eigenvalue weighted by Gasteiger charge is -2.36. The number of benzene rings is 1. The topological polar surface area (TPSA) is 51.2 Å². The van der Waals surface area contributed by atoms with E-state index < -0.39 is 0 Å². The second-order valence-corrected chi connectivity index (χ2v) is 6.34.